The van der Waals surface area contributed by atoms with E-state index in [1.54, 1.807) is 0 Å². The van der Waals surface area contributed by atoms with Crippen LogP contribution in [-0.2, 0) is 104 Å². The van der Waals surface area contributed by atoms with Crippen LogP contribution in [0.15, 0.2) is 0 Å². The summed E-state index contributed by atoms with van der Waals surface area (Å²) in [5, 5.41) is 301. The quantitative estimate of drug-likeness (QED) is 0.0290. The summed E-state index contributed by atoms with van der Waals surface area (Å²) < 4.78 is 108. The fraction of sp³-hybridized carbons (Fsp3) is 0.941. The summed E-state index contributed by atoms with van der Waals surface area (Å²) >= 11 is 0. The highest BCUT2D eigenvalue weighted by Gasteiger charge is 2.61. The zero-order valence-corrected chi connectivity index (χ0v) is 65.6. The van der Waals surface area contributed by atoms with Crippen molar-refractivity contribution >= 4 is 23.6 Å². The van der Waals surface area contributed by atoms with E-state index in [0.29, 0.717) is 0 Å². The number of ether oxygens (including phenoxy) is 18. The highest BCUT2D eigenvalue weighted by atomic mass is 16.8. The summed E-state index contributed by atoms with van der Waals surface area (Å²) in [5.41, 5.74) is 0. The van der Waals surface area contributed by atoms with E-state index >= 15 is 0 Å². The molecule has 9 fully saturated rings. The Hall–Kier alpha value is -3.88. The number of amides is 4. The van der Waals surface area contributed by atoms with E-state index in [4.69, 9.17) is 85.3 Å². The molecule has 0 bridgehead atoms. The van der Waals surface area contributed by atoms with Crippen LogP contribution < -0.4 is 21.3 Å². The van der Waals surface area contributed by atoms with E-state index in [2.05, 4.69) is 21.3 Å². The van der Waals surface area contributed by atoms with E-state index in [0.717, 1.165) is 27.7 Å². The third-order valence-electron chi connectivity index (χ3n) is 22.0. The molecule has 9 aliphatic heterocycles. The molecule has 696 valence electrons. The van der Waals surface area contributed by atoms with Crippen LogP contribution >= 0.6 is 0 Å². The van der Waals surface area contributed by atoms with Gasteiger partial charge in [-0.15, -0.1) is 0 Å². The maximum atomic E-state index is 13.6. The van der Waals surface area contributed by atoms with Crippen molar-refractivity contribution in [3.05, 3.63) is 0 Å². The fourth-order valence-corrected chi connectivity index (χ4v) is 15.3. The second kappa shape index (κ2) is 43.7. The van der Waals surface area contributed by atoms with Crippen LogP contribution in [0, 0.1) is 0 Å². The lowest BCUT2D eigenvalue weighted by Gasteiger charge is -2.52. The Kier molecular flexibility index (Phi) is 36.4. The molecule has 52 heteroatoms. The van der Waals surface area contributed by atoms with Crippen LogP contribution in [0.1, 0.15) is 48.5 Å². The number of hydrogen-bond acceptors (Lipinski definition) is 48. The first-order valence-corrected chi connectivity index (χ1v) is 38.6. The van der Waals surface area contributed by atoms with Gasteiger partial charge in [0.2, 0.25) is 23.6 Å². The van der Waals surface area contributed by atoms with Gasteiger partial charge < -0.3 is 239 Å². The molecular weight excluding hydrogens is 1640 g/mol. The first-order valence-electron chi connectivity index (χ1n) is 38.6. The number of aliphatic hydroxyl groups excluding tert-OH is 26. The molecule has 0 aromatic carbocycles. The lowest BCUT2D eigenvalue weighted by atomic mass is 9.93. The molecule has 49 atom stereocenters. The maximum Gasteiger partial charge on any atom is 0.217 e. The Balaban J connectivity index is 1.09. The molecule has 0 radical (unpaired) electrons. The molecule has 9 saturated heterocycles. The smallest absolute Gasteiger partial charge is 0.217 e. The summed E-state index contributed by atoms with van der Waals surface area (Å²) in [5.74, 6) is -3.84. The van der Waals surface area contributed by atoms with Gasteiger partial charge in [0.15, 0.2) is 56.6 Å². The van der Waals surface area contributed by atoms with Crippen molar-refractivity contribution in [2.75, 3.05) is 52.9 Å². The minimum absolute atomic E-state index is 0.857. The lowest BCUT2D eigenvalue weighted by molar-refractivity contribution is -0.401. The van der Waals surface area contributed by atoms with Gasteiger partial charge in [0.1, 0.15) is 220 Å². The zero-order chi connectivity index (χ0) is 88.8. The summed E-state index contributed by atoms with van der Waals surface area (Å²) in [6, 6.07) is -7.79. The first-order chi connectivity index (χ1) is 56.6. The van der Waals surface area contributed by atoms with Crippen LogP contribution in [0.5, 0.6) is 0 Å². The molecule has 9 rings (SSSR count). The number of carbonyl (C=O) groups is 4. The highest BCUT2D eigenvalue weighted by molar-refractivity contribution is 5.74. The Bertz CT molecular complexity index is 3200. The van der Waals surface area contributed by atoms with Gasteiger partial charge >= 0.3 is 0 Å². The van der Waals surface area contributed by atoms with Gasteiger partial charge in [-0.1, -0.05) is 0 Å². The Morgan fingerprint density at radius 1 is 0.300 bits per heavy atom. The van der Waals surface area contributed by atoms with Gasteiger partial charge in [-0.2, -0.15) is 0 Å². The normalized spacial score (nSPS) is 47.6. The summed E-state index contributed by atoms with van der Waals surface area (Å²) in [6.07, 6.45) is -93.3. The molecule has 0 unspecified atom stereocenters. The fourth-order valence-electron chi connectivity index (χ4n) is 15.3. The average molecular weight is 1760 g/mol. The van der Waals surface area contributed by atoms with E-state index in [-0.39, 0.29) is 0 Å². The molecule has 0 spiro atoms. The third kappa shape index (κ3) is 22.6. The number of nitrogens with one attached hydrogen (secondary N) is 4. The van der Waals surface area contributed by atoms with Gasteiger partial charge in [0, 0.05) is 27.7 Å². The number of hydrogen-bond donors (Lipinski definition) is 30. The van der Waals surface area contributed by atoms with Crippen LogP contribution in [0.2, 0.25) is 0 Å². The Morgan fingerprint density at radius 2 is 0.667 bits per heavy atom. The molecule has 4 amide bonds. The van der Waals surface area contributed by atoms with E-state index in [1.165, 1.54) is 20.8 Å². The molecule has 0 aromatic rings. The van der Waals surface area contributed by atoms with E-state index in [1.807, 2.05) is 0 Å². The zero-order valence-electron chi connectivity index (χ0n) is 65.6. The molecule has 52 nitrogen and oxygen atoms in total. The van der Waals surface area contributed by atoms with E-state index in [9.17, 15) is 152 Å². The summed E-state index contributed by atoms with van der Waals surface area (Å²) in [7, 11) is 0. The van der Waals surface area contributed by atoms with Gasteiger partial charge in [0.05, 0.1) is 77.2 Å². The molecule has 9 aliphatic rings. The SMILES string of the molecule is CC(=O)N[C@H]1[C@H](O[C@@H]([C@H](O[C@@H]2O[C@@H](C)[C@@H](O)[C@@H](O)[C@@H]2O)[C@H](CO)NC(C)=O)[C@H](O)CO[C@@H]2O[C@@H](C)[C@@H](O)[C@@H](O)[C@@H]2O)O[C@H](CO)[C@@H](O[C@@H]2O[C@H](CO[C@H]3O[C@H](CO)[C@@H](O)[C@H](O)[C@@H]3O)[C@@H](O)[C@H](O[C@H]3O[C@H](CO)[C@@H](O)[C@H](O)[C@@H]3O[C@@H]3O[C@H](CO)[C@@H](O[C@@H]4O[C@H](CO)[C@H](O)[C@H](O)[C@H]4NC(C)=O)[C@H](O[C@@H]4O[C@@H](C)[C@@H](O)[C@@H](O)[C@@H]4O)[C@H]3NC(C)=O)[C@@H]2O)[C@@H]1O. The molecule has 0 aliphatic carbocycles. The van der Waals surface area contributed by atoms with Crippen LogP contribution in [0.4, 0.5) is 0 Å². The van der Waals surface area contributed by atoms with Gasteiger partial charge in [0.25, 0.3) is 0 Å². The van der Waals surface area contributed by atoms with Crippen molar-refractivity contribution in [1.29, 1.82) is 0 Å². The van der Waals surface area contributed by atoms with Crippen LogP contribution in [0.25, 0.3) is 0 Å². The van der Waals surface area contributed by atoms with Crippen molar-refractivity contribution in [1.82, 2.24) is 21.3 Å². The highest BCUT2D eigenvalue weighted by Crippen LogP contribution is 2.41. The molecule has 120 heavy (non-hydrogen) atoms. The van der Waals surface area contributed by atoms with Crippen molar-refractivity contribution in [3.63, 3.8) is 0 Å². The molecule has 9 heterocycles. The number of rotatable bonds is 33. The van der Waals surface area contributed by atoms with Gasteiger partial charge in [-0.05, 0) is 20.8 Å². The third-order valence-corrected chi connectivity index (χ3v) is 22.0. The monoisotopic (exact) mass is 1760 g/mol. The maximum absolute atomic E-state index is 13.6. The van der Waals surface area contributed by atoms with Crippen molar-refractivity contribution in [2.45, 2.75) is 349 Å². The Morgan fingerprint density at radius 3 is 1.19 bits per heavy atom. The van der Waals surface area contributed by atoms with Gasteiger partial charge in [-0.3, -0.25) is 19.2 Å². The summed E-state index contributed by atoms with van der Waals surface area (Å²) in [4.78, 5) is 52.5. The second-order valence-electron chi connectivity index (χ2n) is 30.7. The first kappa shape index (κ1) is 99.9. The van der Waals surface area contributed by atoms with Gasteiger partial charge in [-0.25, -0.2) is 0 Å². The molecular formula is C68H116N4O48. The average Bonchev–Trinajstić information content (AvgIpc) is 0.752. The van der Waals surface area contributed by atoms with Crippen molar-refractivity contribution in [2.24, 2.45) is 0 Å². The van der Waals surface area contributed by atoms with Crippen LogP contribution in [-0.4, -0.2) is 510 Å². The standard InChI is InChI=1S/C68H116N4O48/c1-16-34(84)43(93)48(98)63(105-16)103-14-24(83)54(53(23(8-73)69-19(4)79)114-65-50(100)44(94)35(85)17(2)106-65)115-61-32(71-21(6)81)42(92)55(28(12-77)111-61)116-67-52(102)58(40(90)30(113-67)15-104-64-49(99)46(96)38(88)26(10-75)109-64)119-68-59(47(97)39(89)27(11-76)110-68)120-62-33(72-22(7)82)57(118-66-51(101)45(95)36(86)18(3)107-66)56(29(13-78)112-62)117-60-31(70-20(5)80)41(91)37(87)25(9-74)108-60/h16-18,23-68,73-78,83-102H,8-15H2,1-7H3,(H,69,79)(H,70,80)(H,71,81)(H,72,82)/t16-,17-,18-,23-,24+,25+,26+,27+,28+,29+,30+,31+,32+,33+,34+,35+,36+,37-,38+,39+,40+,41+,42+,43+,44+,45+,46-,47-,48-,49-,50-,51-,52-,53+,54+,55+,56+,57+,58-,59-,60-,61-,62-,63+,64-,65-,66-,67-,68+/m0/s1. The number of aliphatic hydroxyl groups is 26. The van der Waals surface area contributed by atoms with Crippen molar-refractivity contribution < 1.29 is 237 Å². The predicted octanol–water partition coefficient (Wildman–Crippen LogP) is -19.5. The molecule has 0 saturated carbocycles. The van der Waals surface area contributed by atoms with Crippen LogP contribution in [0.3, 0.4) is 0 Å². The summed E-state index contributed by atoms with van der Waals surface area (Å²) in [6.45, 7) is -1.70. The topological polar surface area (TPSA) is 809 Å². The Labute approximate surface area is 682 Å². The van der Waals surface area contributed by atoms with Crippen molar-refractivity contribution in [3.8, 4) is 0 Å². The minimum Gasteiger partial charge on any atom is -0.394 e. The van der Waals surface area contributed by atoms with E-state index < -0.39 is 377 Å². The second-order valence-corrected chi connectivity index (χ2v) is 30.7. The molecule has 0 aromatic heterocycles. The largest absolute Gasteiger partial charge is 0.394 e. The lowest BCUT2D eigenvalue weighted by Crippen LogP contribution is -2.72. The predicted molar refractivity (Wildman–Crippen MR) is 374 cm³/mol. The molecule has 30 N–H and O–H groups in total. The number of carbonyl (C=O) groups excluding carboxylic acids is 4. The minimum atomic E-state index is -2.62.